The monoisotopic (exact) mass is 328 g/mol. The summed E-state index contributed by atoms with van der Waals surface area (Å²) in [6.07, 6.45) is 0.997. The first-order valence-electron chi connectivity index (χ1n) is 8.45. The Labute approximate surface area is 148 Å². The first kappa shape index (κ1) is 15.5. The van der Waals surface area contributed by atoms with Crippen LogP contribution in [-0.4, -0.2) is 13.3 Å². The molecular formula is C22H20N2O. The van der Waals surface area contributed by atoms with Crippen molar-refractivity contribution in [3.63, 3.8) is 0 Å². The van der Waals surface area contributed by atoms with Gasteiger partial charge >= 0.3 is 0 Å². The average Bonchev–Trinajstić information content (AvgIpc) is 2.95. The Kier molecular flexibility index (Phi) is 3.98. The predicted octanol–water partition coefficient (Wildman–Crippen LogP) is 4.65. The third-order valence-corrected chi connectivity index (χ3v) is 4.80. The van der Waals surface area contributed by atoms with Crippen LogP contribution in [0, 0.1) is 0 Å². The van der Waals surface area contributed by atoms with Crippen LogP contribution in [0.2, 0.25) is 0 Å². The Hall–Kier alpha value is -3.07. The largest absolute Gasteiger partial charge is 0.349 e. The van der Waals surface area contributed by atoms with Crippen LogP contribution in [0.25, 0.3) is 0 Å². The number of carbonyl (C=O) groups excluding carboxylic acids is 1. The number of anilines is 2. The third-order valence-electron chi connectivity index (χ3n) is 4.80. The van der Waals surface area contributed by atoms with Crippen molar-refractivity contribution in [2.24, 2.45) is 0 Å². The van der Waals surface area contributed by atoms with Crippen molar-refractivity contribution in [3.8, 4) is 0 Å². The highest BCUT2D eigenvalue weighted by Crippen LogP contribution is 2.45. The molecule has 1 heterocycles. The topological polar surface area (TPSA) is 23.6 Å². The molecule has 0 radical (unpaired) electrons. The lowest BCUT2D eigenvalue weighted by atomic mass is 10.1. The zero-order valence-electron chi connectivity index (χ0n) is 14.2. The Morgan fingerprint density at radius 2 is 1.48 bits per heavy atom. The summed E-state index contributed by atoms with van der Waals surface area (Å²) in [5.74, 6) is 0. The Bertz CT molecular complexity index is 874. The van der Waals surface area contributed by atoms with Gasteiger partial charge in [0.25, 0.3) is 0 Å². The highest BCUT2D eigenvalue weighted by Gasteiger charge is 2.34. The first-order valence-corrected chi connectivity index (χ1v) is 8.45. The van der Waals surface area contributed by atoms with Gasteiger partial charge in [-0.3, -0.25) is 4.79 Å². The second-order valence-corrected chi connectivity index (χ2v) is 6.37. The van der Waals surface area contributed by atoms with E-state index in [2.05, 4.69) is 77.5 Å². The number of para-hydroxylation sites is 2. The summed E-state index contributed by atoms with van der Waals surface area (Å²) in [6, 6.07) is 26.9. The van der Waals surface area contributed by atoms with E-state index in [4.69, 9.17) is 0 Å². The molecule has 3 aromatic carbocycles. The van der Waals surface area contributed by atoms with Crippen molar-refractivity contribution >= 4 is 17.7 Å². The molecule has 0 aromatic heterocycles. The minimum Gasteiger partial charge on any atom is -0.349 e. The summed E-state index contributed by atoms with van der Waals surface area (Å²) in [5, 5.41) is 0. The molecule has 3 aromatic rings. The van der Waals surface area contributed by atoms with Gasteiger partial charge in [-0.15, -0.1) is 0 Å². The third kappa shape index (κ3) is 2.78. The Morgan fingerprint density at radius 1 is 0.840 bits per heavy atom. The molecule has 124 valence electrons. The number of carbonyl (C=O) groups is 1. The Balaban J connectivity index is 1.76. The minimum absolute atomic E-state index is 0.110. The summed E-state index contributed by atoms with van der Waals surface area (Å²) in [6.45, 7) is 0.836. The second-order valence-electron chi connectivity index (χ2n) is 6.37. The van der Waals surface area contributed by atoms with E-state index in [1.165, 1.54) is 22.5 Å². The first-order chi connectivity index (χ1) is 12.3. The van der Waals surface area contributed by atoms with E-state index in [-0.39, 0.29) is 6.17 Å². The maximum atomic E-state index is 11.0. The van der Waals surface area contributed by atoms with E-state index in [9.17, 15) is 4.79 Å². The fourth-order valence-electron chi connectivity index (χ4n) is 3.58. The molecule has 4 rings (SSSR count). The zero-order valence-corrected chi connectivity index (χ0v) is 14.2. The smallest absolute Gasteiger partial charge is 0.150 e. The SMILES string of the molecule is CN1c2ccccc2N(Cc2ccccc2)C1c1ccc(C=O)cc1. The van der Waals surface area contributed by atoms with Gasteiger partial charge in [0.15, 0.2) is 0 Å². The fourth-order valence-corrected chi connectivity index (χ4v) is 3.58. The lowest BCUT2D eigenvalue weighted by Gasteiger charge is -2.31. The molecule has 0 saturated heterocycles. The fraction of sp³-hybridized carbons (Fsp3) is 0.136. The molecule has 1 atom stereocenters. The molecule has 0 bridgehead atoms. The predicted molar refractivity (Wildman–Crippen MR) is 102 cm³/mol. The van der Waals surface area contributed by atoms with Crippen molar-refractivity contribution in [2.45, 2.75) is 12.7 Å². The van der Waals surface area contributed by atoms with Crippen LogP contribution < -0.4 is 9.80 Å². The zero-order chi connectivity index (χ0) is 17.2. The lowest BCUT2D eigenvalue weighted by Crippen LogP contribution is -2.33. The van der Waals surface area contributed by atoms with E-state index in [1.54, 1.807) is 0 Å². The summed E-state index contributed by atoms with van der Waals surface area (Å²) in [5.41, 5.74) is 5.63. The average molecular weight is 328 g/mol. The van der Waals surface area contributed by atoms with Gasteiger partial charge in [-0.25, -0.2) is 0 Å². The second kappa shape index (κ2) is 6.44. The van der Waals surface area contributed by atoms with Crippen LogP contribution in [0.5, 0.6) is 0 Å². The number of benzene rings is 3. The highest BCUT2D eigenvalue weighted by atomic mass is 16.1. The Morgan fingerprint density at radius 3 is 2.16 bits per heavy atom. The molecule has 25 heavy (non-hydrogen) atoms. The molecule has 0 N–H and O–H groups in total. The quantitative estimate of drug-likeness (QED) is 0.651. The lowest BCUT2D eigenvalue weighted by molar-refractivity contribution is 0.112. The van der Waals surface area contributed by atoms with Gasteiger partial charge in [0, 0.05) is 19.2 Å². The molecule has 0 aliphatic carbocycles. The molecule has 0 spiro atoms. The number of fused-ring (bicyclic) bond motifs is 1. The van der Waals surface area contributed by atoms with Crippen LogP contribution >= 0.6 is 0 Å². The van der Waals surface area contributed by atoms with Crippen LogP contribution in [0.4, 0.5) is 11.4 Å². The van der Waals surface area contributed by atoms with Crippen molar-refractivity contribution in [1.29, 1.82) is 0 Å². The standard InChI is InChI=1S/C22H20N2O/c1-23-20-9-5-6-10-21(20)24(15-17-7-3-2-4-8-17)22(23)19-13-11-18(16-25)12-14-19/h2-14,16,22H,15H2,1H3. The highest BCUT2D eigenvalue weighted by molar-refractivity contribution is 5.78. The van der Waals surface area contributed by atoms with Crippen molar-refractivity contribution in [3.05, 3.63) is 95.6 Å². The number of hydrogen-bond donors (Lipinski definition) is 0. The van der Waals surface area contributed by atoms with E-state index in [0.717, 1.165) is 12.8 Å². The van der Waals surface area contributed by atoms with Gasteiger partial charge in [-0.2, -0.15) is 0 Å². The maximum Gasteiger partial charge on any atom is 0.150 e. The molecule has 3 nitrogen and oxygen atoms in total. The summed E-state index contributed by atoms with van der Waals surface area (Å²) >= 11 is 0. The molecule has 0 amide bonds. The van der Waals surface area contributed by atoms with E-state index >= 15 is 0 Å². The van der Waals surface area contributed by atoms with Gasteiger partial charge in [0.2, 0.25) is 0 Å². The van der Waals surface area contributed by atoms with Gasteiger partial charge in [0.1, 0.15) is 12.5 Å². The molecule has 1 unspecified atom stereocenters. The number of aldehydes is 1. The van der Waals surface area contributed by atoms with Crippen LogP contribution in [-0.2, 0) is 6.54 Å². The van der Waals surface area contributed by atoms with Crippen molar-refractivity contribution in [1.82, 2.24) is 0 Å². The van der Waals surface area contributed by atoms with Crippen molar-refractivity contribution in [2.75, 3.05) is 16.8 Å². The normalized spacial score (nSPS) is 16.0. The van der Waals surface area contributed by atoms with Crippen molar-refractivity contribution < 1.29 is 4.79 Å². The summed E-state index contributed by atoms with van der Waals surface area (Å²) < 4.78 is 0. The number of rotatable bonds is 4. The maximum absolute atomic E-state index is 11.0. The van der Waals surface area contributed by atoms with E-state index in [0.29, 0.717) is 5.56 Å². The number of nitrogens with zero attached hydrogens (tertiary/aromatic N) is 2. The van der Waals surface area contributed by atoms with Crippen LogP contribution in [0.3, 0.4) is 0 Å². The summed E-state index contributed by atoms with van der Waals surface area (Å²) in [7, 11) is 2.13. The van der Waals surface area contributed by atoms with Crippen LogP contribution in [0.1, 0.15) is 27.7 Å². The molecule has 1 aliphatic rings. The molecule has 3 heteroatoms. The van der Waals surface area contributed by atoms with Gasteiger partial charge < -0.3 is 9.80 Å². The van der Waals surface area contributed by atoms with Gasteiger partial charge in [-0.1, -0.05) is 66.7 Å². The van der Waals surface area contributed by atoms with E-state index < -0.39 is 0 Å². The van der Waals surface area contributed by atoms with E-state index in [1.807, 2.05) is 18.2 Å². The number of hydrogen-bond acceptors (Lipinski definition) is 3. The molecule has 1 aliphatic heterocycles. The molecular weight excluding hydrogens is 308 g/mol. The van der Waals surface area contributed by atoms with Gasteiger partial charge in [-0.05, 0) is 23.3 Å². The molecule has 0 fully saturated rings. The van der Waals surface area contributed by atoms with Crippen LogP contribution in [0.15, 0.2) is 78.9 Å². The van der Waals surface area contributed by atoms with Gasteiger partial charge in [0.05, 0.1) is 11.4 Å². The summed E-state index contributed by atoms with van der Waals surface area (Å²) in [4.78, 5) is 15.7. The minimum atomic E-state index is 0.110. The molecule has 0 saturated carbocycles.